The molecule has 30 heavy (non-hydrogen) atoms. The molecule has 5 unspecified atom stereocenters. The predicted octanol–water partition coefficient (Wildman–Crippen LogP) is 5.09. The summed E-state index contributed by atoms with van der Waals surface area (Å²) in [5.41, 5.74) is 0. The molecule has 4 rings (SSSR count). The zero-order valence-electron chi connectivity index (χ0n) is 19.4. The molecule has 6 atom stereocenters. The topological polar surface area (TPSA) is 58.6 Å². The van der Waals surface area contributed by atoms with Crippen molar-refractivity contribution >= 4 is 23.8 Å². The summed E-state index contributed by atoms with van der Waals surface area (Å²) >= 11 is 2.03. The fourth-order valence-corrected chi connectivity index (χ4v) is 7.34. The fourth-order valence-electron chi connectivity index (χ4n) is 5.95. The standard InChI is InChI=1S/C24H42N2O3S/c1-5-18-12-17-6-7-19(18)10-11-29-24(28)25-21-8-9-22(30-16(2)3)20(14-21)15-26(4)23(27)13-17/h16-22H,5-15H2,1-4H3,(H,25,28)/t17-,18?,19?,20?,21?,22?/m1/s1. The van der Waals surface area contributed by atoms with E-state index in [2.05, 4.69) is 26.1 Å². The third-order valence-electron chi connectivity index (χ3n) is 7.57. The van der Waals surface area contributed by atoms with Gasteiger partial charge >= 0.3 is 6.09 Å². The summed E-state index contributed by atoms with van der Waals surface area (Å²) in [5.74, 6) is 2.50. The first-order chi connectivity index (χ1) is 14.4. The maximum Gasteiger partial charge on any atom is 0.407 e. The minimum Gasteiger partial charge on any atom is -0.450 e. The molecule has 6 heteroatoms. The number of ether oxygens (including phenoxy) is 1. The zero-order chi connectivity index (χ0) is 21.7. The average Bonchev–Trinajstić information content (AvgIpc) is 2.69. The molecule has 0 spiro atoms. The highest BCUT2D eigenvalue weighted by Crippen LogP contribution is 2.40. The largest absolute Gasteiger partial charge is 0.450 e. The Bertz CT molecular complexity index is 585. The van der Waals surface area contributed by atoms with Crippen LogP contribution in [0, 0.1) is 23.7 Å². The third-order valence-corrected chi connectivity index (χ3v) is 9.09. The van der Waals surface area contributed by atoms with Gasteiger partial charge in [0, 0.05) is 31.3 Å². The lowest BCUT2D eigenvalue weighted by atomic mass is 9.71. The molecule has 2 saturated heterocycles. The van der Waals surface area contributed by atoms with Crippen molar-refractivity contribution in [3.05, 3.63) is 0 Å². The summed E-state index contributed by atoms with van der Waals surface area (Å²) in [6, 6.07) is 0.155. The van der Waals surface area contributed by atoms with Gasteiger partial charge in [-0.1, -0.05) is 27.2 Å². The average molecular weight is 439 g/mol. The first-order valence-electron chi connectivity index (χ1n) is 12.2. The number of fused-ring (bicyclic) bond motifs is 9. The van der Waals surface area contributed by atoms with Gasteiger partial charge in [-0.3, -0.25) is 4.79 Å². The third kappa shape index (κ3) is 6.54. The molecule has 2 amide bonds. The lowest BCUT2D eigenvalue weighted by Crippen LogP contribution is -2.46. The van der Waals surface area contributed by atoms with E-state index in [-0.39, 0.29) is 12.1 Å². The second kappa shape index (κ2) is 11.1. The van der Waals surface area contributed by atoms with Crippen molar-refractivity contribution in [1.29, 1.82) is 0 Å². The Morgan fingerprint density at radius 3 is 2.63 bits per heavy atom. The first-order valence-corrected chi connectivity index (χ1v) is 13.1. The maximum absolute atomic E-state index is 13.1. The van der Waals surface area contributed by atoms with Crippen LogP contribution in [0.1, 0.15) is 78.6 Å². The zero-order valence-corrected chi connectivity index (χ0v) is 20.2. The van der Waals surface area contributed by atoms with Crippen LogP contribution >= 0.6 is 11.8 Å². The van der Waals surface area contributed by atoms with E-state index in [0.29, 0.717) is 53.1 Å². The summed E-state index contributed by atoms with van der Waals surface area (Å²) in [6.07, 6.45) is 8.98. The Morgan fingerprint density at radius 2 is 1.90 bits per heavy atom. The van der Waals surface area contributed by atoms with Crippen LogP contribution in [0.4, 0.5) is 4.79 Å². The molecule has 172 valence electrons. The van der Waals surface area contributed by atoms with E-state index < -0.39 is 0 Å². The molecule has 0 aromatic carbocycles. The molecule has 4 bridgehead atoms. The van der Waals surface area contributed by atoms with Gasteiger partial charge in [0.1, 0.15) is 0 Å². The molecule has 0 aromatic rings. The lowest BCUT2D eigenvalue weighted by Gasteiger charge is -2.40. The first kappa shape index (κ1) is 23.7. The lowest BCUT2D eigenvalue weighted by molar-refractivity contribution is -0.132. The Hall–Kier alpha value is -0.910. The molecule has 5 nitrogen and oxygen atoms in total. The van der Waals surface area contributed by atoms with E-state index in [1.165, 1.54) is 0 Å². The number of carbonyl (C=O) groups is 2. The van der Waals surface area contributed by atoms with Crippen molar-refractivity contribution < 1.29 is 14.3 Å². The van der Waals surface area contributed by atoms with Crippen molar-refractivity contribution in [1.82, 2.24) is 10.2 Å². The number of alkyl carbamates (subject to hydrolysis) is 1. The van der Waals surface area contributed by atoms with Gasteiger partial charge in [0.25, 0.3) is 0 Å². The number of thioether (sulfide) groups is 1. The summed E-state index contributed by atoms with van der Waals surface area (Å²) in [5, 5.41) is 4.25. The van der Waals surface area contributed by atoms with Gasteiger partial charge in [-0.05, 0) is 73.9 Å². The van der Waals surface area contributed by atoms with Crippen molar-refractivity contribution in [3.63, 3.8) is 0 Å². The number of amides is 2. The van der Waals surface area contributed by atoms with Gasteiger partial charge in [0.15, 0.2) is 0 Å². The Labute approximate surface area is 187 Å². The van der Waals surface area contributed by atoms with Crippen LogP contribution in [0.15, 0.2) is 0 Å². The Kier molecular flexibility index (Phi) is 8.79. The molecular formula is C24H42N2O3S. The van der Waals surface area contributed by atoms with Crippen LogP contribution in [0.3, 0.4) is 0 Å². The molecule has 4 aliphatic rings. The second-order valence-electron chi connectivity index (χ2n) is 10.1. The minimum absolute atomic E-state index is 0.155. The number of hydrogen-bond donors (Lipinski definition) is 1. The van der Waals surface area contributed by atoms with E-state index in [9.17, 15) is 9.59 Å². The number of rotatable bonds is 3. The summed E-state index contributed by atoms with van der Waals surface area (Å²) < 4.78 is 5.59. The van der Waals surface area contributed by atoms with Crippen LogP contribution in [0.5, 0.6) is 0 Å². The number of hydrogen-bond acceptors (Lipinski definition) is 4. The number of carbonyl (C=O) groups excluding carboxylic acids is 2. The van der Waals surface area contributed by atoms with Crippen LogP contribution in [-0.2, 0) is 9.53 Å². The fraction of sp³-hybridized carbons (Fsp3) is 0.917. The monoisotopic (exact) mass is 438 g/mol. The normalized spacial score (nSPS) is 36.5. The Balaban J connectivity index is 1.73. The minimum atomic E-state index is -0.257. The number of nitrogens with one attached hydrogen (secondary N) is 1. The molecule has 0 aromatic heterocycles. The molecular weight excluding hydrogens is 396 g/mol. The van der Waals surface area contributed by atoms with E-state index in [1.54, 1.807) is 0 Å². The van der Waals surface area contributed by atoms with E-state index >= 15 is 0 Å². The highest BCUT2D eigenvalue weighted by molar-refractivity contribution is 8.00. The van der Waals surface area contributed by atoms with Gasteiger partial charge in [0.2, 0.25) is 5.91 Å². The smallest absolute Gasteiger partial charge is 0.407 e. The molecule has 1 N–H and O–H groups in total. The maximum atomic E-state index is 13.1. The number of nitrogens with zero attached hydrogens (tertiary/aromatic N) is 1. The summed E-state index contributed by atoms with van der Waals surface area (Å²) in [4.78, 5) is 27.4. The van der Waals surface area contributed by atoms with Gasteiger partial charge in [-0.25, -0.2) is 4.79 Å². The van der Waals surface area contributed by atoms with Crippen molar-refractivity contribution in [2.24, 2.45) is 23.7 Å². The second-order valence-corrected chi connectivity index (χ2v) is 12.0. The summed E-state index contributed by atoms with van der Waals surface area (Å²) in [6.45, 7) is 8.06. The van der Waals surface area contributed by atoms with Gasteiger partial charge in [-0.2, -0.15) is 11.8 Å². The highest BCUT2D eigenvalue weighted by atomic mass is 32.2. The van der Waals surface area contributed by atoms with Crippen LogP contribution in [0.25, 0.3) is 0 Å². The van der Waals surface area contributed by atoms with Crippen molar-refractivity contribution in [3.8, 4) is 0 Å². The molecule has 2 aliphatic heterocycles. The van der Waals surface area contributed by atoms with E-state index in [4.69, 9.17) is 4.74 Å². The van der Waals surface area contributed by atoms with Crippen molar-refractivity contribution in [2.45, 2.75) is 95.1 Å². The van der Waals surface area contributed by atoms with E-state index in [1.807, 2.05) is 23.7 Å². The molecule has 2 aliphatic carbocycles. The molecule has 2 heterocycles. The SMILES string of the molecule is CCC1C[C@H]2CCC1CCOC(=O)NC1CCC(SC(C)C)C(C1)CN(C)C(=O)C2. The quantitative estimate of drug-likeness (QED) is 0.667. The van der Waals surface area contributed by atoms with Crippen LogP contribution in [0.2, 0.25) is 0 Å². The molecule has 2 saturated carbocycles. The van der Waals surface area contributed by atoms with Crippen LogP contribution in [-0.4, -0.2) is 53.6 Å². The van der Waals surface area contributed by atoms with Crippen molar-refractivity contribution in [2.75, 3.05) is 20.2 Å². The van der Waals surface area contributed by atoms with Crippen LogP contribution < -0.4 is 5.32 Å². The van der Waals surface area contributed by atoms with Gasteiger partial charge < -0.3 is 15.0 Å². The molecule has 0 radical (unpaired) electrons. The van der Waals surface area contributed by atoms with Gasteiger partial charge in [-0.15, -0.1) is 0 Å². The predicted molar refractivity (Wildman–Crippen MR) is 124 cm³/mol. The van der Waals surface area contributed by atoms with Gasteiger partial charge in [0.05, 0.1) is 6.61 Å². The van der Waals surface area contributed by atoms with E-state index in [0.717, 1.165) is 57.9 Å². The summed E-state index contributed by atoms with van der Waals surface area (Å²) in [7, 11) is 1.98. The molecule has 4 fully saturated rings. The highest BCUT2D eigenvalue weighted by Gasteiger charge is 2.35. The Morgan fingerprint density at radius 1 is 1.10 bits per heavy atom.